The number of nitrogens with zero attached hydrogens (tertiary/aromatic N) is 5. The second-order valence-corrected chi connectivity index (χ2v) is 13.2. The molecule has 2 aliphatic rings. The van der Waals surface area contributed by atoms with Crippen LogP contribution in [0.3, 0.4) is 0 Å². The van der Waals surface area contributed by atoms with E-state index >= 15 is 0 Å². The number of halogens is 1. The molecule has 33 heavy (non-hydrogen) atoms. The lowest BCUT2D eigenvalue weighted by molar-refractivity contribution is -0.384. The number of nitrogens with one attached hydrogen (secondary N) is 1. The maximum Gasteiger partial charge on any atom is 0.288 e. The molecule has 0 amide bonds. The highest BCUT2D eigenvalue weighted by atomic mass is 35.5. The first-order chi connectivity index (χ1) is 15.6. The molecule has 0 aliphatic carbocycles. The molecule has 2 saturated heterocycles. The first-order valence-electron chi connectivity index (χ1n) is 10.7. The molecule has 10 nitrogen and oxygen atoms in total. The van der Waals surface area contributed by atoms with E-state index in [0.717, 1.165) is 26.2 Å². The SMILES string of the molecule is CC(C)(C)P(=NC(=S)NN=Cc1ccc(Cl)c([N+](=O)[O-])c1)(N1CCOCC1)N1CCOCC1. The quantitative estimate of drug-likeness (QED) is 0.206. The zero-order valence-electron chi connectivity index (χ0n) is 19.1. The van der Waals surface area contributed by atoms with Crippen molar-refractivity contribution in [1.82, 2.24) is 14.8 Å². The summed E-state index contributed by atoms with van der Waals surface area (Å²) in [4.78, 5) is 10.6. The van der Waals surface area contributed by atoms with Gasteiger partial charge in [-0.25, -0.2) is 4.74 Å². The van der Waals surface area contributed by atoms with Gasteiger partial charge in [0.25, 0.3) is 5.69 Å². The van der Waals surface area contributed by atoms with Crippen molar-refractivity contribution in [2.24, 2.45) is 9.85 Å². The zero-order chi connectivity index (χ0) is 24.1. The molecule has 0 saturated carbocycles. The molecule has 1 aromatic rings. The van der Waals surface area contributed by atoms with E-state index in [4.69, 9.17) is 38.0 Å². The van der Waals surface area contributed by atoms with Gasteiger partial charge >= 0.3 is 0 Å². The minimum Gasteiger partial charge on any atom is -0.379 e. The van der Waals surface area contributed by atoms with Crippen molar-refractivity contribution in [2.45, 2.75) is 25.9 Å². The van der Waals surface area contributed by atoms with Gasteiger partial charge in [-0.05, 0) is 18.3 Å². The fourth-order valence-corrected chi connectivity index (χ4v) is 8.96. The fraction of sp³-hybridized carbons (Fsp3) is 0.600. The maximum absolute atomic E-state index is 11.1. The topological polar surface area (TPSA) is 105 Å². The standard InChI is InChI=1S/C20H30ClN6O4PS/c1-20(2,3)32(25-6-10-30-11-7-25,26-8-12-31-13-9-26)24-19(33)23-22-15-16-4-5-17(21)18(14-16)27(28)29/h4-5,14-15H,6-13H2,1-3H3,(H,23,33). The Morgan fingerprint density at radius 2 is 1.73 bits per heavy atom. The Bertz CT molecular complexity index is 936. The Hall–Kier alpha value is -1.46. The highest BCUT2D eigenvalue weighted by Crippen LogP contribution is 2.66. The van der Waals surface area contributed by atoms with Crippen LogP contribution >= 0.6 is 31.2 Å². The Kier molecular flexibility index (Phi) is 8.96. The first-order valence-corrected chi connectivity index (χ1v) is 13.1. The zero-order valence-corrected chi connectivity index (χ0v) is 21.5. The number of morpholine rings is 2. The average molecular weight is 517 g/mol. The van der Waals surface area contributed by atoms with Crippen LogP contribution in [0.4, 0.5) is 5.69 Å². The smallest absolute Gasteiger partial charge is 0.288 e. The van der Waals surface area contributed by atoms with E-state index in [-0.39, 0.29) is 21.0 Å². The van der Waals surface area contributed by atoms with E-state index in [9.17, 15) is 10.1 Å². The molecular formula is C20H30ClN6O4PS. The summed E-state index contributed by atoms with van der Waals surface area (Å²) in [6.45, 7) is 12.4. The summed E-state index contributed by atoms with van der Waals surface area (Å²) in [5.41, 5.74) is 3.19. The highest BCUT2D eigenvalue weighted by molar-refractivity contribution is 7.81. The number of hydrazone groups is 1. The third-order valence-electron chi connectivity index (χ3n) is 5.43. The van der Waals surface area contributed by atoms with E-state index in [1.165, 1.54) is 18.3 Å². The molecule has 2 heterocycles. The maximum atomic E-state index is 11.1. The van der Waals surface area contributed by atoms with E-state index in [1.807, 2.05) is 0 Å². The second-order valence-electron chi connectivity index (χ2n) is 8.61. The lowest BCUT2D eigenvalue weighted by Gasteiger charge is -2.52. The van der Waals surface area contributed by atoms with Gasteiger partial charge in [-0.15, -0.1) is 0 Å². The molecular weight excluding hydrogens is 487 g/mol. The van der Waals surface area contributed by atoms with Gasteiger partial charge in [-0.3, -0.25) is 24.9 Å². The summed E-state index contributed by atoms with van der Waals surface area (Å²) >= 11 is 11.5. The van der Waals surface area contributed by atoms with Crippen LogP contribution in [0.5, 0.6) is 0 Å². The Labute approximate surface area is 204 Å². The van der Waals surface area contributed by atoms with Crippen molar-refractivity contribution in [2.75, 3.05) is 52.6 Å². The molecule has 1 aromatic carbocycles. The summed E-state index contributed by atoms with van der Waals surface area (Å²) in [5.74, 6) is 0. The van der Waals surface area contributed by atoms with Crippen molar-refractivity contribution >= 4 is 48.2 Å². The Balaban J connectivity index is 1.90. The lowest BCUT2D eigenvalue weighted by atomic mass is 10.2. The van der Waals surface area contributed by atoms with Crippen molar-refractivity contribution in [1.29, 1.82) is 0 Å². The molecule has 2 fully saturated rings. The van der Waals surface area contributed by atoms with Gasteiger partial charge < -0.3 is 9.47 Å². The Morgan fingerprint density at radius 1 is 1.18 bits per heavy atom. The molecule has 0 radical (unpaired) electrons. The van der Waals surface area contributed by atoms with Gasteiger partial charge in [-0.1, -0.05) is 38.4 Å². The minimum atomic E-state index is -2.28. The van der Waals surface area contributed by atoms with E-state index < -0.39 is 12.3 Å². The normalized spacial score (nSPS) is 18.9. The third kappa shape index (κ3) is 6.16. The molecule has 13 heteroatoms. The monoisotopic (exact) mass is 516 g/mol. The van der Waals surface area contributed by atoms with Gasteiger partial charge in [0.15, 0.2) is 0 Å². The van der Waals surface area contributed by atoms with Crippen LogP contribution < -0.4 is 5.43 Å². The van der Waals surface area contributed by atoms with E-state index in [0.29, 0.717) is 32.0 Å². The van der Waals surface area contributed by atoms with Crippen molar-refractivity contribution < 1.29 is 14.4 Å². The number of hydrogen-bond acceptors (Lipinski definition) is 6. The summed E-state index contributed by atoms with van der Waals surface area (Å²) in [6, 6.07) is 4.48. The van der Waals surface area contributed by atoms with Crippen LogP contribution in [0.2, 0.25) is 5.02 Å². The number of ether oxygens (including phenoxy) is 2. The number of nitro benzene ring substituents is 1. The van der Waals surface area contributed by atoms with Crippen LogP contribution in [0.1, 0.15) is 26.3 Å². The predicted octanol–water partition coefficient (Wildman–Crippen LogP) is 3.95. The molecule has 0 aromatic heterocycles. The molecule has 1 N–H and O–H groups in total. The predicted molar refractivity (Wildman–Crippen MR) is 135 cm³/mol. The van der Waals surface area contributed by atoms with Crippen molar-refractivity contribution in [3.8, 4) is 0 Å². The summed E-state index contributed by atoms with van der Waals surface area (Å²) in [6.07, 6.45) is 1.46. The molecule has 0 spiro atoms. The largest absolute Gasteiger partial charge is 0.379 e. The van der Waals surface area contributed by atoms with Gasteiger partial charge in [0.2, 0.25) is 5.11 Å². The summed E-state index contributed by atoms with van der Waals surface area (Å²) < 4.78 is 21.2. The molecule has 0 bridgehead atoms. The van der Waals surface area contributed by atoms with Gasteiger partial charge in [-0.2, -0.15) is 5.10 Å². The molecule has 3 rings (SSSR count). The summed E-state index contributed by atoms with van der Waals surface area (Å²) in [7, 11) is -2.28. The fourth-order valence-electron chi connectivity index (χ4n) is 4.03. The lowest BCUT2D eigenvalue weighted by Crippen LogP contribution is -2.48. The molecule has 182 valence electrons. The van der Waals surface area contributed by atoms with Gasteiger partial charge in [0, 0.05) is 43.0 Å². The van der Waals surface area contributed by atoms with Crippen LogP contribution in [-0.4, -0.2) is 83.4 Å². The number of nitro groups is 1. The number of hydrogen-bond donors (Lipinski definition) is 1. The van der Waals surface area contributed by atoms with E-state index in [1.54, 1.807) is 6.07 Å². The molecule has 2 aliphatic heterocycles. The van der Waals surface area contributed by atoms with Crippen molar-refractivity contribution in [3.05, 3.63) is 38.9 Å². The van der Waals surface area contributed by atoms with Crippen LogP contribution in [-0.2, 0) is 9.47 Å². The van der Waals surface area contributed by atoms with Crippen molar-refractivity contribution in [3.63, 3.8) is 0 Å². The Morgan fingerprint density at radius 3 is 2.21 bits per heavy atom. The number of rotatable bonds is 5. The van der Waals surface area contributed by atoms with Crippen LogP contribution in [0, 0.1) is 10.1 Å². The average Bonchev–Trinajstić information content (AvgIpc) is 2.78. The van der Waals surface area contributed by atoms with Gasteiger partial charge in [0.1, 0.15) is 12.4 Å². The minimum absolute atomic E-state index is 0.0754. The van der Waals surface area contributed by atoms with Crippen LogP contribution in [0.15, 0.2) is 28.0 Å². The summed E-state index contributed by atoms with van der Waals surface area (Å²) in [5, 5.41) is 15.5. The molecule has 0 unspecified atom stereocenters. The van der Waals surface area contributed by atoms with E-state index in [2.05, 4.69) is 40.6 Å². The highest BCUT2D eigenvalue weighted by Gasteiger charge is 2.45. The molecule has 0 atom stereocenters. The number of thiocarbonyl (C=S) groups is 1. The third-order valence-corrected chi connectivity index (χ3v) is 10.7. The second kappa shape index (κ2) is 11.3. The number of benzene rings is 1. The first kappa shape index (κ1) is 26.2. The van der Waals surface area contributed by atoms with Crippen LogP contribution in [0.25, 0.3) is 0 Å². The van der Waals surface area contributed by atoms with Gasteiger partial charge in [0.05, 0.1) is 37.6 Å².